The molecule has 0 aromatic heterocycles. The van der Waals surface area contributed by atoms with Gasteiger partial charge in [0.15, 0.2) is 0 Å². The zero-order chi connectivity index (χ0) is 10.1. The van der Waals surface area contributed by atoms with E-state index in [2.05, 4.69) is 16.0 Å². The summed E-state index contributed by atoms with van der Waals surface area (Å²) in [5.74, 6) is -0.944. The van der Waals surface area contributed by atoms with Gasteiger partial charge in [-0.2, -0.15) is 0 Å². The molecule has 0 heterocycles. The molecule has 0 bridgehead atoms. The molecule has 0 amide bonds. The predicted molar refractivity (Wildman–Crippen MR) is 54.0 cm³/mol. The van der Waals surface area contributed by atoms with Gasteiger partial charge in [0.25, 0.3) is 0 Å². The minimum absolute atomic E-state index is 0.433. The summed E-state index contributed by atoms with van der Waals surface area (Å²) in [5.41, 5.74) is 5.00. The number of nitrogens with two attached hydrogens (primary N) is 1. The van der Waals surface area contributed by atoms with Gasteiger partial charge in [-0.3, -0.25) is 0 Å². The number of hydrogen-bond donors (Lipinski definition) is 2. The average Bonchev–Trinajstić information content (AvgIpc) is 2.20. The second kappa shape index (κ2) is 7.80. The molecular weight excluding hydrogens is 233 g/mol. The Hall–Kier alpha value is -0.831. The molecule has 4 heteroatoms. The third-order valence-electron chi connectivity index (χ3n) is 1.18. The summed E-state index contributed by atoms with van der Waals surface area (Å²) in [5, 5.41) is 8.48. The molecule has 1 aromatic rings. The third-order valence-corrected chi connectivity index (χ3v) is 2.01. The summed E-state index contributed by atoms with van der Waals surface area (Å²) >= 11 is 2.13. The Morgan fingerprint density at radius 1 is 1.23 bits per heavy atom. The zero-order valence-electron chi connectivity index (χ0n) is 7.13. The van der Waals surface area contributed by atoms with Gasteiger partial charge < -0.3 is 0 Å². The number of carbonyl (C=O) groups is 1. The Labute approximate surface area is 85.8 Å². The molecule has 0 aliphatic rings. The summed E-state index contributed by atoms with van der Waals surface area (Å²) in [7, 11) is 0. The maximum absolute atomic E-state index is 9.80. The zero-order valence-corrected chi connectivity index (χ0v) is 9.01. The van der Waals surface area contributed by atoms with Gasteiger partial charge in [-0.15, -0.1) is 0 Å². The fraction of sp³-hybridized carbons (Fsp3) is 0.222. The number of rotatable bonds is 2. The first-order valence-corrected chi connectivity index (χ1v) is 5.10. The number of benzene rings is 1. The molecule has 1 aromatic carbocycles. The van der Waals surface area contributed by atoms with Crippen molar-refractivity contribution in [1.82, 2.24) is 0 Å². The van der Waals surface area contributed by atoms with Crippen molar-refractivity contribution in [3.05, 3.63) is 36.4 Å². The molecule has 72 valence electrons. The summed E-state index contributed by atoms with van der Waals surface area (Å²) < 4.78 is 0. The van der Waals surface area contributed by atoms with Crippen LogP contribution in [0.25, 0.3) is 0 Å². The summed E-state index contributed by atoms with van der Waals surface area (Å²) in [4.78, 5) is 9.80. The molecule has 1 atom stereocenters. The SMILES string of the molecule is NC(C[SeH])C(=O)O.c1ccccc1. The molecule has 0 spiro atoms. The minimum atomic E-state index is -0.944. The summed E-state index contributed by atoms with van der Waals surface area (Å²) in [6.07, 6.45) is 0. The van der Waals surface area contributed by atoms with Gasteiger partial charge in [-0.1, -0.05) is 36.4 Å². The van der Waals surface area contributed by atoms with Crippen LogP contribution in [0.1, 0.15) is 0 Å². The molecule has 13 heavy (non-hydrogen) atoms. The fourth-order valence-electron chi connectivity index (χ4n) is 0.463. The number of carboxylic acids is 1. The van der Waals surface area contributed by atoms with E-state index in [4.69, 9.17) is 10.8 Å². The molecule has 0 aliphatic heterocycles. The van der Waals surface area contributed by atoms with Gasteiger partial charge in [0, 0.05) is 0 Å². The number of carboxylic acid groups (broad SMARTS) is 1. The van der Waals surface area contributed by atoms with Crippen molar-refractivity contribution < 1.29 is 9.90 Å². The van der Waals surface area contributed by atoms with Gasteiger partial charge in [-0.25, -0.2) is 0 Å². The van der Waals surface area contributed by atoms with E-state index in [9.17, 15) is 4.79 Å². The van der Waals surface area contributed by atoms with Gasteiger partial charge in [0.05, 0.1) is 0 Å². The molecule has 0 aliphatic carbocycles. The quantitative estimate of drug-likeness (QED) is 0.743. The van der Waals surface area contributed by atoms with Gasteiger partial charge >= 0.3 is 49.0 Å². The van der Waals surface area contributed by atoms with Crippen molar-refractivity contribution in [2.45, 2.75) is 11.4 Å². The van der Waals surface area contributed by atoms with Crippen LogP contribution in [0.4, 0.5) is 0 Å². The van der Waals surface area contributed by atoms with Crippen molar-refractivity contribution in [3.8, 4) is 0 Å². The molecule has 3 N–H and O–H groups in total. The number of hydrogen-bond acceptors (Lipinski definition) is 2. The summed E-state index contributed by atoms with van der Waals surface area (Å²) in [6, 6.07) is 11.3. The molecule has 0 saturated heterocycles. The molecule has 0 fully saturated rings. The van der Waals surface area contributed by atoms with Crippen molar-refractivity contribution >= 4 is 22.0 Å². The monoisotopic (exact) mass is 247 g/mol. The second-order valence-electron chi connectivity index (χ2n) is 2.28. The minimum Gasteiger partial charge on any atom is -0.0623 e. The molecule has 0 saturated carbocycles. The molecular formula is C9H13NO2Se. The topological polar surface area (TPSA) is 63.3 Å². The number of aliphatic carboxylic acids is 1. The maximum Gasteiger partial charge on any atom is -0.0623 e. The van der Waals surface area contributed by atoms with E-state index in [1.54, 1.807) is 0 Å². The average molecular weight is 246 g/mol. The van der Waals surface area contributed by atoms with Crippen molar-refractivity contribution in [1.29, 1.82) is 0 Å². The van der Waals surface area contributed by atoms with E-state index in [0.717, 1.165) is 0 Å². The predicted octanol–water partition coefficient (Wildman–Crippen LogP) is 0.404. The molecule has 0 radical (unpaired) electrons. The van der Waals surface area contributed by atoms with E-state index >= 15 is 0 Å². The van der Waals surface area contributed by atoms with Crippen molar-refractivity contribution in [3.63, 3.8) is 0 Å². The van der Waals surface area contributed by atoms with E-state index in [1.165, 1.54) is 0 Å². The Kier molecular flexibility index (Phi) is 7.30. The van der Waals surface area contributed by atoms with Crippen LogP contribution in [0, 0.1) is 0 Å². The van der Waals surface area contributed by atoms with Crippen LogP contribution in [0.2, 0.25) is 5.32 Å². The van der Waals surface area contributed by atoms with Crippen LogP contribution < -0.4 is 5.73 Å². The normalized spacial score (nSPS) is 10.9. The van der Waals surface area contributed by atoms with Gasteiger partial charge in [-0.05, 0) is 0 Å². The van der Waals surface area contributed by atoms with Gasteiger partial charge in [0.2, 0.25) is 0 Å². The first-order valence-electron chi connectivity index (χ1n) is 3.77. The van der Waals surface area contributed by atoms with Crippen molar-refractivity contribution in [2.75, 3.05) is 0 Å². The molecule has 1 unspecified atom stereocenters. The Morgan fingerprint density at radius 2 is 1.54 bits per heavy atom. The van der Waals surface area contributed by atoms with Gasteiger partial charge in [0.1, 0.15) is 0 Å². The first kappa shape index (κ1) is 12.2. The second-order valence-corrected chi connectivity index (χ2v) is 3.05. The van der Waals surface area contributed by atoms with Crippen LogP contribution in [-0.2, 0) is 4.79 Å². The van der Waals surface area contributed by atoms with Crippen LogP contribution in [-0.4, -0.2) is 33.1 Å². The smallest absolute Gasteiger partial charge is 0.0623 e. The van der Waals surface area contributed by atoms with E-state index in [0.29, 0.717) is 5.32 Å². The van der Waals surface area contributed by atoms with E-state index in [1.807, 2.05) is 36.4 Å². The summed E-state index contributed by atoms with van der Waals surface area (Å²) in [6.45, 7) is 0. The Balaban J connectivity index is 0.000000223. The molecule has 1 rings (SSSR count). The van der Waals surface area contributed by atoms with E-state index < -0.39 is 12.0 Å². The van der Waals surface area contributed by atoms with Crippen molar-refractivity contribution in [2.24, 2.45) is 5.73 Å². The first-order chi connectivity index (χ1) is 6.18. The van der Waals surface area contributed by atoms with Crippen LogP contribution in [0.15, 0.2) is 36.4 Å². The van der Waals surface area contributed by atoms with Crippen LogP contribution in [0.3, 0.4) is 0 Å². The Bertz CT molecular complexity index is 202. The van der Waals surface area contributed by atoms with Crippen LogP contribution in [0.5, 0.6) is 0 Å². The molecule has 3 nitrogen and oxygen atoms in total. The third kappa shape index (κ3) is 7.53. The van der Waals surface area contributed by atoms with Crippen LogP contribution >= 0.6 is 0 Å². The fourth-order valence-corrected chi connectivity index (χ4v) is 0.791. The standard InChI is InChI=1S/C6H6.C3H7NO2Se/c1-2-4-6-5-3-1;4-2(1-7)3(5)6/h1-6H;2,7H,1,4H2,(H,5,6). The maximum atomic E-state index is 9.80. The largest absolute Gasteiger partial charge is 0.0623 e. The van der Waals surface area contributed by atoms with E-state index in [-0.39, 0.29) is 0 Å². The Morgan fingerprint density at radius 3 is 1.62 bits per heavy atom.